The van der Waals surface area contributed by atoms with Gasteiger partial charge in [0.05, 0.1) is 5.60 Å². The van der Waals surface area contributed by atoms with E-state index in [1.807, 2.05) is 6.92 Å². The van der Waals surface area contributed by atoms with Crippen LogP contribution in [0.1, 0.15) is 26.2 Å². The van der Waals surface area contributed by atoms with Gasteiger partial charge in [0.25, 0.3) is 0 Å². The maximum atomic E-state index is 9.84. The summed E-state index contributed by atoms with van der Waals surface area (Å²) in [5.41, 5.74) is -0.338. The van der Waals surface area contributed by atoms with Gasteiger partial charge in [0, 0.05) is 5.25 Å². The molecule has 0 aromatic heterocycles. The Morgan fingerprint density at radius 2 is 2.10 bits per heavy atom. The van der Waals surface area contributed by atoms with E-state index in [4.69, 9.17) is 0 Å². The molecule has 0 saturated heterocycles. The molecule has 0 aliphatic heterocycles. The number of hydrogen-bond acceptors (Lipinski definition) is 1. The highest BCUT2D eigenvalue weighted by Crippen LogP contribution is 2.42. The first-order chi connectivity index (χ1) is 4.54. The summed E-state index contributed by atoms with van der Waals surface area (Å²) < 4.78 is 0. The van der Waals surface area contributed by atoms with Gasteiger partial charge in [0.15, 0.2) is 0 Å². The van der Waals surface area contributed by atoms with Gasteiger partial charge < -0.3 is 5.11 Å². The Labute approximate surface area is 66.2 Å². The summed E-state index contributed by atoms with van der Waals surface area (Å²) in [4.78, 5) is 0. The minimum Gasteiger partial charge on any atom is -0.389 e. The lowest BCUT2D eigenvalue weighted by Crippen LogP contribution is -2.32. The second-order valence-electron chi connectivity index (χ2n) is 3.73. The first kappa shape index (κ1) is 8.41. The molecule has 0 amide bonds. The van der Waals surface area contributed by atoms with Crippen LogP contribution in [0.15, 0.2) is 0 Å². The lowest BCUT2D eigenvalue weighted by Gasteiger charge is -2.30. The van der Waals surface area contributed by atoms with E-state index in [1.54, 1.807) is 0 Å². The molecule has 2 heteroatoms. The van der Waals surface area contributed by atoms with E-state index >= 15 is 0 Å². The molecule has 1 nitrogen and oxygen atoms in total. The second kappa shape index (κ2) is 2.74. The largest absolute Gasteiger partial charge is 0.389 e. The monoisotopic (exact) mass is 162 g/mol. The zero-order valence-corrected chi connectivity index (χ0v) is 7.99. The average Bonchev–Trinajstić information content (AvgIpc) is 2.08. The van der Waals surface area contributed by atoms with Crippen LogP contribution in [0.5, 0.6) is 0 Å². The molecule has 0 radical (unpaired) electrons. The molecule has 62 valence electrons. The number of hydrogen-bond donors (Lipinski definition) is 2. The fraction of sp³-hybridized carbons (Fsp3) is 1.00. The molecule has 10 heavy (non-hydrogen) atoms. The Hall–Kier alpha value is 0.310. The van der Waals surface area contributed by atoms with Gasteiger partial charge in [-0.3, -0.25) is 10.9 Å². The van der Waals surface area contributed by atoms with Crippen molar-refractivity contribution >= 4 is 10.9 Å². The summed E-state index contributed by atoms with van der Waals surface area (Å²) in [6.07, 6.45) is 8.00. The van der Waals surface area contributed by atoms with Crippen LogP contribution >= 0.6 is 10.9 Å². The summed E-state index contributed by atoms with van der Waals surface area (Å²) in [5, 5.41) is 10.4. The number of rotatable bonds is 1. The van der Waals surface area contributed by atoms with Gasteiger partial charge in [-0.1, -0.05) is 0 Å². The van der Waals surface area contributed by atoms with Crippen LogP contribution in [0.3, 0.4) is 0 Å². The van der Waals surface area contributed by atoms with Crippen LogP contribution < -0.4 is 0 Å². The fourth-order valence-electron chi connectivity index (χ4n) is 1.95. The van der Waals surface area contributed by atoms with Gasteiger partial charge in [-0.2, -0.15) is 0 Å². The Bertz CT molecular complexity index is 120. The van der Waals surface area contributed by atoms with Crippen molar-refractivity contribution in [3.8, 4) is 0 Å². The minimum absolute atomic E-state index is 0.0604. The second-order valence-corrected chi connectivity index (χ2v) is 6.28. The third-order valence-corrected chi connectivity index (χ3v) is 4.56. The normalized spacial score (nSPS) is 42.0. The van der Waals surface area contributed by atoms with E-state index in [2.05, 4.69) is 12.5 Å². The number of aliphatic hydroxyl groups is 1. The van der Waals surface area contributed by atoms with Crippen LogP contribution in [-0.4, -0.2) is 28.5 Å². The minimum atomic E-state index is -0.338. The van der Waals surface area contributed by atoms with Crippen LogP contribution in [-0.2, 0) is 0 Å². The first-order valence-corrected chi connectivity index (χ1v) is 6.23. The fourth-order valence-corrected chi connectivity index (χ4v) is 3.89. The predicted octanol–water partition coefficient (Wildman–Crippen LogP) is 1.55. The van der Waals surface area contributed by atoms with Crippen LogP contribution in [0.25, 0.3) is 0 Å². The molecule has 0 bridgehead atoms. The van der Waals surface area contributed by atoms with Gasteiger partial charge in [-0.25, -0.2) is 0 Å². The average molecular weight is 162 g/mol. The molecule has 2 atom stereocenters. The van der Waals surface area contributed by atoms with E-state index in [1.165, 1.54) is 12.8 Å². The zero-order chi connectivity index (χ0) is 7.78. The molecule has 1 fully saturated rings. The molecule has 1 aliphatic carbocycles. The zero-order valence-electron chi connectivity index (χ0n) is 7.09. The summed E-state index contributed by atoms with van der Waals surface area (Å²) in [6.45, 7) is 1.99. The van der Waals surface area contributed by atoms with E-state index < -0.39 is 0 Å². The van der Waals surface area contributed by atoms with E-state index in [0.717, 1.165) is 6.42 Å². The molecule has 1 rings (SSSR count). The van der Waals surface area contributed by atoms with Crippen LogP contribution in [0.4, 0.5) is 0 Å². The Morgan fingerprint density at radius 1 is 1.50 bits per heavy atom. The van der Waals surface area contributed by atoms with E-state index in [-0.39, 0.29) is 16.5 Å². The summed E-state index contributed by atoms with van der Waals surface area (Å²) >= 11 is 0. The van der Waals surface area contributed by atoms with Crippen molar-refractivity contribution in [2.45, 2.75) is 37.0 Å². The lowest BCUT2D eigenvalue weighted by molar-refractivity contribution is 0.0731. The van der Waals surface area contributed by atoms with Gasteiger partial charge in [0.2, 0.25) is 0 Å². The van der Waals surface area contributed by atoms with E-state index in [9.17, 15) is 5.11 Å². The maximum Gasteiger partial charge on any atom is 0.0721 e. The van der Waals surface area contributed by atoms with Crippen molar-refractivity contribution in [1.82, 2.24) is 0 Å². The van der Waals surface area contributed by atoms with Gasteiger partial charge in [-0.15, -0.1) is 0 Å². The predicted molar refractivity (Wildman–Crippen MR) is 49.1 cm³/mol. The third kappa shape index (κ3) is 1.48. The first-order valence-electron chi connectivity index (χ1n) is 3.93. The van der Waals surface area contributed by atoms with E-state index in [0.29, 0.717) is 5.25 Å². The van der Waals surface area contributed by atoms with Crippen molar-refractivity contribution in [2.75, 3.05) is 12.5 Å². The topological polar surface area (TPSA) is 20.2 Å². The molecule has 1 saturated carbocycles. The van der Waals surface area contributed by atoms with Crippen molar-refractivity contribution in [3.05, 3.63) is 0 Å². The molecule has 0 heterocycles. The molecular formula is C8H18OS. The Balaban J connectivity index is 2.59. The number of thiol groups is 1. The Kier molecular flexibility index (Phi) is 2.31. The molecule has 0 aromatic carbocycles. The van der Waals surface area contributed by atoms with Gasteiger partial charge in [-0.05, 0) is 38.7 Å². The molecule has 0 spiro atoms. The molecule has 0 aromatic rings. The molecule has 2 unspecified atom stereocenters. The molecular weight excluding hydrogens is 144 g/mol. The smallest absolute Gasteiger partial charge is 0.0721 e. The highest BCUT2D eigenvalue weighted by molar-refractivity contribution is 8.16. The van der Waals surface area contributed by atoms with Crippen molar-refractivity contribution in [1.29, 1.82) is 0 Å². The highest BCUT2D eigenvalue weighted by Gasteiger charge is 2.37. The Morgan fingerprint density at radius 3 is 2.30 bits per heavy atom. The summed E-state index contributed by atoms with van der Waals surface area (Å²) in [5.74, 6) is 0. The van der Waals surface area contributed by atoms with Crippen molar-refractivity contribution in [3.63, 3.8) is 0 Å². The van der Waals surface area contributed by atoms with Gasteiger partial charge >= 0.3 is 0 Å². The standard InChI is InChI=1S/C8H18OS/c1-8(9)6-4-5-7(8)10(2)3/h7,9-10H,4-6H2,1-3H3. The SMILES string of the molecule is C[SH](C)C1CCCC1(C)O. The molecule has 1 aliphatic rings. The van der Waals surface area contributed by atoms with Crippen molar-refractivity contribution < 1.29 is 5.11 Å². The lowest BCUT2D eigenvalue weighted by atomic mass is 10.1. The molecule has 1 N–H and O–H groups in total. The quantitative estimate of drug-likeness (QED) is 0.561. The summed E-state index contributed by atoms with van der Waals surface area (Å²) in [7, 11) is 0.0604. The summed E-state index contributed by atoms with van der Waals surface area (Å²) in [6, 6.07) is 0. The van der Waals surface area contributed by atoms with Gasteiger partial charge in [0.1, 0.15) is 0 Å². The third-order valence-electron chi connectivity index (χ3n) is 2.50. The van der Waals surface area contributed by atoms with Crippen LogP contribution in [0, 0.1) is 0 Å². The van der Waals surface area contributed by atoms with Crippen LogP contribution in [0.2, 0.25) is 0 Å². The highest BCUT2D eigenvalue weighted by atomic mass is 32.2. The van der Waals surface area contributed by atoms with Crippen molar-refractivity contribution in [2.24, 2.45) is 0 Å². The maximum absolute atomic E-state index is 9.84.